The van der Waals surface area contributed by atoms with Gasteiger partial charge >= 0.3 is 5.97 Å². The summed E-state index contributed by atoms with van der Waals surface area (Å²) in [4.78, 5) is 12.3. The average Bonchev–Trinajstić information content (AvgIpc) is 2.87. The van der Waals surface area contributed by atoms with Crippen LogP contribution in [0.15, 0.2) is 78.2 Å². The Bertz CT molecular complexity index is 1260. The third kappa shape index (κ3) is 4.81. The molecule has 2 N–H and O–H groups in total. The summed E-state index contributed by atoms with van der Waals surface area (Å²) >= 11 is 0. The highest BCUT2D eigenvalue weighted by Gasteiger charge is 2.31. The molecule has 3 aromatic carbocycles. The molecule has 0 amide bonds. The number of nitriles is 1. The number of hydrogen-bond donors (Lipinski definition) is 1. The van der Waals surface area contributed by atoms with Gasteiger partial charge in [0.05, 0.1) is 13.0 Å². The Labute approximate surface area is 197 Å². The lowest BCUT2D eigenvalue weighted by atomic mass is 9.83. The van der Waals surface area contributed by atoms with Crippen molar-refractivity contribution in [2.45, 2.75) is 19.3 Å². The fraction of sp³-hybridized carbons (Fsp3) is 0.185. The zero-order valence-electron chi connectivity index (χ0n) is 18.9. The number of esters is 1. The molecule has 1 unspecified atom stereocenters. The first-order valence-corrected chi connectivity index (χ1v) is 10.8. The number of benzene rings is 3. The van der Waals surface area contributed by atoms with Crippen LogP contribution in [0.2, 0.25) is 0 Å². The van der Waals surface area contributed by atoms with E-state index in [9.17, 15) is 10.1 Å². The Kier molecular flexibility index (Phi) is 6.69. The average molecular weight is 456 g/mol. The maximum Gasteiger partial charge on any atom is 0.349 e. The van der Waals surface area contributed by atoms with Gasteiger partial charge in [-0.05, 0) is 47.9 Å². The molecule has 0 fully saturated rings. The molecule has 0 bridgehead atoms. The second-order valence-corrected chi connectivity index (χ2v) is 7.66. The van der Waals surface area contributed by atoms with Crippen LogP contribution < -0.4 is 24.7 Å². The van der Waals surface area contributed by atoms with E-state index in [1.165, 1.54) is 5.56 Å². The van der Waals surface area contributed by atoms with Crippen molar-refractivity contribution in [3.8, 4) is 29.1 Å². The molecule has 3 aromatic rings. The number of aryl methyl sites for hydroxylation is 1. The minimum absolute atomic E-state index is 0.0122. The highest BCUT2D eigenvalue weighted by Crippen LogP contribution is 2.43. The second kappa shape index (κ2) is 10.0. The van der Waals surface area contributed by atoms with Crippen LogP contribution in [0.4, 0.5) is 0 Å². The third-order valence-electron chi connectivity index (χ3n) is 5.56. The Morgan fingerprint density at radius 3 is 2.35 bits per heavy atom. The number of methoxy groups -OCH3 is 1. The van der Waals surface area contributed by atoms with Gasteiger partial charge in [0.1, 0.15) is 34.6 Å². The summed E-state index contributed by atoms with van der Waals surface area (Å²) in [5.74, 6) is 1.04. The molecule has 0 radical (unpaired) electrons. The second-order valence-electron chi connectivity index (χ2n) is 7.66. The predicted molar refractivity (Wildman–Crippen MR) is 126 cm³/mol. The molecule has 1 aliphatic heterocycles. The van der Waals surface area contributed by atoms with Gasteiger partial charge in [-0.1, -0.05) is 37.3 Å². The van der Waals surface area contributed by atoms with E-state index >= 15 is 0 Å². The molecule has 4 rings (SSSR count). The molecule has 0 saturated carbocycles. The number of fused-ring (bicyclic) bond motifs is 1. The van der Waals surface area contributed by atoms with Crippen LogP contribution in [-0.4, -0.2) is 19.7 Å². The van der Waals surface area contributed by atoms with E-state index in [0.717, 1.165) is 17.5 Å². The van der Waals surface area contributed by atoms with E-state index in [4.69, 9.17) is 24.7 Å². The lowest BCUT2D eigenvalue weighted by molar-refractivity contribution is -0.136. The van der Waals surface area contributed by atoms with Gasteiger partial charge in [-0.2, -0.15) is 5.26 Å². The summed E-state index contributed by atoms with van der Waals surface area (Å²) < 4.78 is 21.9. The maximum atomic E-state index is 12.3. The SMILES string of the molecule is CCc1ccc(OCC(=O)Oc2ccc3c(c2)OC(N)=C(C#N)C3c2ccc(OC)cc2)cc1. The van der Waals surface area contributed by atoms with Crippen LogP contribution in [0.5, 0.6) is 23.0 Å². The van der Waals surface area contributed by atoms with Crippen molar-refractivity contribution < 1.29 is 23.7 Å². The van der Waals surface area contributed by atoms with Gasteiger partial charge in [0.25, 0.3) is 0 Å². The molecular formula is C27H24N2O5. The third-order valence-corrected chi connectivity index (χ3v) is 5.56. The lowest BCUT2D eigenvalue weighted by Crippen LogP contribution is -2.21. The largest absolute Gasteiger partial charge is 0.497 e. The number of hydrogen-bond acceptors (Lipinski definition) is 7. The van der Waals surface area contributed by atoms with Crippen LogP contribution in [0.3, 0.4) is 0 Å². The van der Waals surface area contributed by atoms with Crippen LogP contribution in [0.1, 0.15) is 29.5 Å². The highest BCUT2D eigenvalue weighted by atomic mass is 16.6. The zero-order chi connectivity index (χ0) is 24.1. The van der Waals surface area contributed by atoms with Gasteiger partial charge < -0.3 is 24.7 Å². The molecule has 1 heterocycles. The van der Waals surface area contributed by atoms with Crippen LogP contribution >= 0.6 is 0 Å². The van der Waals surface area contributed by atoms with Crippen molar-refractivity contribution in [2.75, 3.05) is 13.7 Å². The molecule has 1 atom stereocenters. The fourth-order valence-electron chi connectivity index (χ4n) is 3.76. The number of carbonyl (C=O) groups is 1. The van der Waals surface area contributed by atoms with Crippen molar-refractivity contribution in [3.05, 3.63) is 94.9 Å². The number of carbonyl (C=O) groups excluding carboxylic acids is 1. The van der Waals surface area contributed by atoms with Crippen molar-refractivity contribution in [1.82, 2.24) is 0 Å². The predicted octanol–water partition coefficient (Wildman–Crippen LogP) is 4.46. The summed E-state index contributed by atoms with van der Waals surface area (Å²) in [5, 5.41) is 9.70. The Morgan fingerprint density at radius 1 is 1.03 bits per heavy atom. The number of ether oxygens (including phenoxy) is 4. The first-order valence-electron chi connectivity index (χ1n) is 10.8. The highest BCUT2D eigenvalue weighted by molar-refractivity contribution is 5.74. The number of rotatable bonds is 7. The molecule has 34 heavy (non-hydrogen) atoms. The molecule has 7 heteroatoms. The normalized spacial score (nSPS) is 14.4. The Hall–Kier alpha value is -4.44. The summed E-state index contributed by atoms with van der Waals surface area (Å²) in [6.07, 6.45) is 0.928. The summed E-state index contributed by atoms with van der Waals surface area (Å²) in [6, 6.07) is 22.1. The smallest absolute Gasteiger partial charge is 0.349 e. The molecule has 0 saturated heterocycles. The summed E-state index contributed by atoms with van der Waals surface area (Å²) in [6.45, 7) is 1.83. The van der Waals surface area contributed by atoms with E-state index in [1.807, 2.05) is 48.5 Å². The van der Waals surface area contributed by atoms with Crippen molar-refractivity contribution in [3.63, 3.8) is 0 Å². The van der Waals surface area contributed by atoms with Gasteiger partial charge in [-0.25, -0.2) is 4.79 Å². The number of allylic oxidation sites excluding steroid dienone is 1. The summed E-state index contributed by atoms with van der Waals surface area (Å²) in [5.41, 5.74) is 9.15. The quantitative estimate of drug-likeness (QED) is 0.413. The standard InChI is InChI=1S/C27H24N2O5/c1-3-17-4-8-20(9-5-17)32-16-25(30)33-21-12-13-22-24(14-21)34-27(29)23(15-28)26(22)18-6-10-19(31-2)11-7-18/h4-14,26H,3,16,29H2,1-2H3. The van der Waals surface area contributed by atoms with E-state index in [-0.39, 0.29) is 18.2 Å². The van der Waals surface area contributed by atoms with Gasteiger partial charge in [-0.3, -0.25) is 0 Å². The lowest BCUT2D eigenvalue weighted by Gasteiger charge is -2.26. The topological polar surface area (TPSA) is 104 Å². The summed E-state index contributed by atoms with van der Waals surface area (Å²) in [7, 11) is 1.59. The minimum atomic E-state index is -0.553. The monoisotopic (exact) mass is 456 g/mol. The van der Waals surface area contributed by atoms with E-state index < -0.39 is 11.9 Å². The van der Waals surface area contributed by atoms with Crippen molar-refractivity contribution in [1.29, 1.82) is 5.26 Å². The van der Waals surface area contributed by atoms with Crippen LogP contribution in [0.25, 0.3) is 0 Å². The first-order chi connectivity index (χ1) is 16.5. The van der Waals surface area contributed by atoms with Crippen LogP contribution in [0, 0.1) is 11.3 Å². The minimum Gasteiger partial charge on any atom is -0.497 e. The van der Waals surface area contributed by atoms with Crippen molar-refractivity contribution >= 4 is 5.97 Å². The Balaban J connectivity index is 1.51. The molecule has 0 spiro atoms. The molecule has 1 aliphatic rings. The van der Waals surface area contributed by atoms with Gasteiger partial charge in [0, 0.05) is 11.6 Å². The zero-order valence-corrected chi connectivity index (χ0v) is 18.9. The molecule has 0 aromatic heterocycles. The van der Waals surface area contributed by atoms with E-state index in [2.05, 4.69) is 13.0 Å². The fourth-order valence-corrected chi connectivity index (χ4v) is 3.76. The van der Waals surface area contributed by atoms with Crippen molar-refractivity contribution in [2.24, 2.45) is 5.73 Å². The van der Waals surface area contributed by atoms with Gasteiger partial charge in [0.15, 0.2) is 6.61 Å². The van der Waals surface area contributed by atoms with E-state index in [1.54, 1.807) is 25.3 Å². The number of nitrogens with two attached hydrogens (primary N) is 1. The van der Waals surface area contributed by atoms with Gasteiger partial charge in [0.2, 0.25) is 5.88 Å². The molecule has 0 aliphatic carbocycles. The van der Waals surface area contributed by atoms with Gasteiger partial charge in [-0.15, -0.1) is 0 Å². The number of nitrogens with zero attached hydrogens (tertiary/aromatic N) is 1. The van der Waals surface area contributed by atoms with E-state index in [0.29, 0.717) is 22.8 Å². The maximum absolute atomic E-state index is 12.3. The van der Waals surface area contributed by atoms with Crippen LogP contribution in [-0.2, 0) is 11.2 Å². The first kappa shape index (κ1) is 22.7. The molecule has 172 valence electrons. The Morgan fingerprint density at radius 2 is 1.71 bits per heavy atom. The molecular weight excluding hydrogens is 432 g/mol. The molecule has 7 nitrogen and oxygen atoms in total.